The van der Waals surface area contributed by atoms with Crippen molar-refractivity contribution in [2.24, 2.45) is 5.92 Å². The molecule has 11 heteroatoms. The molecule has 5 heterocycles. The molecule has 2 aliphatic heterocycles. The molecule has 0 spiro atoms. The van der Waals surface area contributed by atoms with Crippen molar-refractivity contribution < 1.29 is 13.5 Å². The van der Waals surface area contributed by atoms with E-state index in [1.165, 1.54) is 12.3 Å². The fraction of sp³-hybridized carbons (Fsp3) is 0.316. The number of imidazole rings is 1. The van der Waals surface area contributed by atoms with Crippen LogP contribution in [0.15, 0.2) is 30.7 Å². The first-order valence-corrected chi connectivity index (χ1v) is 9.42. The van der Waals surface area contributed by atoms with E-state index in [1.807, 2.05) is 0 Å². The molecule has 6 rings (SSSR count). The molecule has 3 fully saturated rings. The van der Waals surface area contributed by atoms with Gasteiger partial charge in [0.1, 0.15) is 5.82 Å². The maximum absolute atomic E-state index is 12.7. The summed E-state index contributed by atoms with van der Waals surface area (Å²) in [6.07, 6.45) is 8.11. The fourth-order valence-electron chi connectivity index (χ4n) is 4.00. The van der Waals surface area contributed by atoms with Gasteiger partial charge in [0.25, 0.3) is 0 Å². The minimum Gasteiger partial charge on any atom is -0.431 e. The highest BCUT2D eigenvalue weighted by atomic mass is 19.3. The predicted molar refractivity (Wildman–Crippen MR) is 105 cm³/mol. The van der Waals surface area contributed by atoms with Gasteiger partial charge in [-0.3, -0.25) is 4.57 Å². The van der Waals surface area contributed by atoms with E-state index in [4.69, 9.17) is 16.1 Å². The lowest BCUT2D eigenvalue weighted by atomic mass is 9.86. The zero-order valence-corrected chi connectivity index (χ0v) is 15.7. The first kappa shape index (κ1) is 18.4. The summed E-state index contributed by atoms with van der Waals surface area (Å²) in [6.45, 7) is -2.13. The molecular formula is C19H18F2N8O. The number of pyridine rings is 1. The molecule has 154 valence electrons. The molecule has 1 aliphatic carbocycles. The monoisotopic (exact) mass is 412 g/mol. The number of fused-ring (bicyclic) bond motifs is 1. The van der Waals surface area contributed by atoms with Gasteiger partial charge in [0.05, 0.1) is 11.9 Å². The van der Waals surface area contributed by atoms with Gasteiger partial charge in [0, 0.05) is 42.8 Å². The van der Waals surface area contributed by atoms with Crippen molar-refractivity contribution in [2.75, 3.05) is 17.2 Å². The van der Waals surface area contributed by atoms with E-state index in [0.29, 0.717) is 40.8 Å². The molecule has 0 radical (unpaired) electrons. The summed E-state index contributed by atoms with van der Waals surface area (Å²) >= 11 is 0. The third-order valence-corrected chi connectivity index (χ3v) is 5.50. The Balaban J connectivity index is 1.62. The average Bonchev–Trinajstić information content (AvgIpc) is 3.43. The van der Waals surface area contributed by atoms with Gasteiger partial charge in [-0.15, -0.1) is 0 Å². The highest BCUT2D eigenvalue weighted by Gasteiger charge is 2.44. The molecule has 3 aromatic heterocycles. The molecule has 3 aliphatic rings. The Morgan fingerprint density at radius 2 is 2.07 bits per heavy atom. The molecular weight excluding hydrogens is 394 g/mol. The SMILES string of the molecule is N=Cc1nccn1-c1cc(-c2cnc(N)c(OC(F)F)c2)nc(N2CC3CC2C3)n1. The third-order valence-electron chi connectivity index (χ3n) is 5.50. The molecule has 0 amide bonds. The van der Waals surface area contributed by atoms with Crippen molar-refractivity contribution in [3.8, 4) is 22.8 Å². The lowest BCUT2D eigenvalue weighted by Gasteiger charge is -2.26. The number of alkyl halides is 2. The molecule has 0 aromatic carbocycles. The minimum absolute atomic E-state index is 0.130. The predicted octanol–water partition coefficient (Wildman–Crippen LogP) is 2.50. The summed E-state index contributed by atoms with van der Waals surface area (Å²) in [4.78, 5) is 19.7. The zero-order chi connectivity index (χ0) is 20.8. The van der Waals surface area contributed by atoms with E-state index in [0.717, 1.165) is 25.6 Å². The normalized spacial score (nSPS) is 19.8. The molecule has 30 heavy (non-hydrogen) atoms. The first-order valence-electron chi connectivity index (χ1n) is 9.42. The van der Waals surface area contributed by atoms with Crippen LogP contribution in [0.1, 0.15) is 18.7 Å². The molecule has 3 N–H and O–H groups in total. The van der Waals surface area contributed by atoms with Crippen LogP contribution in [-0.2, 0) is 0 Å². The van der Waals surface area contributed by atoms with E-state index < -0.39 is 6.61 Å². The van der Waals surface area contributed by atoms with Crippen LogP contribution in [0.3, 0.4) is 0 Å². The summed E-state index contributed by atoms with van der Waals surface area (Å²) in [5, 5.41) is 7.57. The second kappa shape index (κ2) is 7.01. The molecule has 0 unspecified atom stereocenters. The van der Waals surface area contributed by atoms with Gasteiger partial charge in [-0.1, -0.05) is 0 Å². The van der Waals surface area contributed by atoms with Crippen LogP contribution in [0, 0.1) is 11.3 Å². The lowest BCUT2D eigenvalue weighted by Crippen LogP contribution is -2.30. The fourth-order valence-corrected chi connectivity index (χ4v) is 4.00. The van der Waals surface area contributed by atoms with Crippen molar-refractivity contribution in [3.05, 3.63) is 36.5 Å². The Labute approximate surface area is 170 Å². The topological polar surface area (TPSA) is 119 Å². The van der Waals surface area contributed by atoms with Gasteiger partial charge < -0.3 is 20.8 Å². The van der Waals surface area contributed by atoms with Crippen molar-refractivity contribution in [1.82, 2.24) is 24.5 Å². The summed E-state index contributed by atoms with van der Waals surface area (Å²) in [5.74, 6) is 1.78. The standard InChI is InChI=1S/C19H18F2N8O/c20-18(21)30-14-5-11(8-25-17(14)23)13-6-15(28-2-1-24-16(28)7-22)27-19(26-13)29-9-10-3-12(29)4-10/h1-2,5-8,10,12,18,22H,3-4,9H2,(H2,23,25). The molecule has 2 saturated heterocycles. The van der Waals surface area contributed by atoms with Crippen LogP contribution in [0.25, 0.3) is 17.1 Å². The smallest absolute Gasteiger partial charge is 0.387 e. The van der Waals surface area contributed by atoms with Crippen LogP contribution in [-0.4, -0.2) is 49.9 Å². The van der Waals surface area contributed by atoms with Crippen LogP contribution >= 0.6 is 0 Å². The van der Waals surface area contributed by atoms with Gasteiger partial charge in [0.15, 0.2) is 17.4 Å². The Hall–Kier alpha value is -3.63. The largest absolute Gasteiger partial charge is 0.431 e. The maximum atomic E-state index is 12.7. The summed E-state index contributed by atoms with van der Waals surface area (Å²) in [5.41, 5.74) is 6.61. The number of rotatable bonds is 6. The van der Waals surface area contributed by atoms with Gasteiger partial charge in [-0.2, -0.15) is 13.8 Å². The Morgan fingerprint density at radius 3 is 2.77 bits per heavy atom. The number of nitrogens with two attached hydrogens (primary N) is 1. The van der Waals surface area contributed by atoms with Crippen molar-refractivity contribution in [3.63, 3.8) is 0 Å². The van der Waals surface area contributed by atoms with E-state index in [9.17, 15) is 8.78 Å². The number of anilines is 2. The van der Waals surface area contributed by atoms with Gasteiger partial charge in [-0.25, -0.2) is 15.0 Å². The van der Waals surface area contributed by atoms with Gasteiger partial charge in [-0.05, 0) is 24.8 Å². The van der Waals surface area contributed by atoms with Crippen molar-refractivity contribution in [2.45, 2.75) is 25.5 Å². The Bertz CT molecular complexity index is 1110. The second-order valence-corrected chi connectivity index (χ2v) is 7.34. The maximum Gasteiger partial charge on any atom is 0.387 e. The lowest BCUT2D eigenvalue weighted by molar-refractivity contribution is -0.0494. The molecule has 1 saturated carbocycles. The first-order chi connectivity index (χ1) is 14.5. The summed E-state index contributed by atoms with van der Waals surface area (Å²) in [6, 6.07) is 3.49. The average molecular weight is 412 g/mol. The minimum atomic E-state index is -3.02. The van der Waals surface area contributed by atoms with Crippen LogP contribution < -0.4 is 15.4 Å². The zero-order valence-electron chi connectivity index (χ0n) is 15.7. The highest BCUT2D eigenvalue weighted by Crippen LogP contribution is 2.42. The number of halogens is 2. The number of nitrogen functional groups attached to an aromatic ring is 1. The molecule has 0 atom stereocenters. The molecule has 3 aromatic rings. The second-order valence-electron chi connectivity index (χ2n) is 7.34. The van der Waals surface area contributed by atoms with Crippen LogP contribution in [0.4, 0.5) is 20.5 Å². The van der Waals surface area contributed by atoms with Crippen LogP contribution in [0.2, 0.25) is 0 Å². The number of hydrogen-bond donors (Lipinski definition) is 2. The third kappa shape index (κ3) is 3.11. The van der Waals surface area contributed by atoms with E-state index >= 15 is 0 Å². The quantitative estimate of drug-likeness (QED) is 0.597. The summed E-state index contributed by atoms with van der Waals surface area (Å²) in [7, 11) is 0. The van der Waals surface area contributed by atoms with E-state index in [2.05, 4.69) is 24.6 Å². The van der Waals surface area contributed by atoms with Gasteiger partial charge in [0.2, 0.25) is 5.95 Å². The van der Waals surface area contributed by atoms with Crippen molar-refractivity contribution >= 4 is 18.0 Å². The number of nitrogens with one attached hydrogen (secondary N) is 1. The number of nitrogens with zero attached hydrogens (tertiary/aromatic N) is 6. The summed E-state index contributed by atoms with van der Waals surface area (Å²) < 4.78 is 31.6. The van der Waals surface area contributed by atoms with Crippen molar-refractivity contribution in [1.29, 1.82) is 5.41 Å². The number of hydrogen-bond acceptors (Lipinski definition) is 8. The highest BCUT2D eigenvalue weighted by molar-refractivity contribution is 5.73. The molecule has 9 nitrogen and oxygen atoms in total. The number of ether oxygens (including phenoxy) is 1. The van der Waals surface area contributed by atoms with E-state index in [1.54, 1.807) is 23.0 Å². The Morgan fingerprint density at radius 1 is 1.23 bits per heavy atom. The molecule has 2 bridgehead atoms. The van der Waals surface area contributed by atoms with E-state index in [-0.39, 0.29) is 11.6 Å². The van der Waals surface area contributed by atoms with Crippen LogP contribution in [0.5, 0.6) is 5.75 Å². The van der Waals surface area contributed by atoms with Gasteiger partial charge >= 0.3 is 6.61 Å². The number of aromatic nitrogens is 5. The Kier molecular flexibility index (Phi) is 4.30.